The van der Waals surface area contributed by atoms with Gasteiger partial charge in [-0.2, -0.15) is 0 Å². The molecule has 0 aliphatic carbocycles. The minimum absolute atomic E-state index is 0.170. The van der Waals surface area contributed by atoms with Crippen molar-refractivity contribution in [1.29, 1.82) is 0 Å². The molecular weight excluding hydrogens is 392 g/mol. The molecule has 150 valence electrons. The van der Waals surface area contributed by atoms with E-state index in [1.54, 1.807) is 24.3 Å². The second-order valence-corrected chi connectivity index (χ2v) is 7.76. The van der Waals surface area contributed by atoms with E-state index < -0.39 is 0 Å². The number of imide groups is 1. The van der Waals surface area contributed by atoms with Crippen molar-refractivity contribution in [3.63, 3.8) is 0 Å². The van der Waals surface area contributed by atoms with E-state index in [0.29, 0.717) is 30.3 Å². The van der Waals surface area contributed by atoms with Crippen LogP contribution >= 0.6 is 11.8 Å². The van der Waals surface area contributed by atoms with Gasteiger partial charge in [0, 0.05) is 5.56 Å². The Kier molecular flexibility index (Phi) is 5.44. The number of ether oxygens (including phenoxy) is 2. The molecule has 0 bridgehead atoms. The summed E-state index contributed by atoms with van der Waals surface area (Å²) in [5, 5.41) is 2.72. The van der Waals surface area contributed by atoms with Crippen molar-refractivity contribution in [1.82, 2.24) is 10.2 Å². The summed E-state index contributed by atoms with van der Waals surface area (Å²) in [5.74, 6) is 1.11. The van der Waals surface area contributed by atoms with Gasteiger partial charge in [-0.25, -0.2) is 0 Å². The van der Waals surface area contributed by atoms with Gasteiger partial charge in [0.1, 0.15) is 13.2 Å². The first-order chi connectivity index (χ1) is 14.0. The number of benzene rings is 2. The monoisotopic (exact) mass is 412 g/mol. The number of fused-ring (bicyclic) bond motifs is 1. The predicted molar refractivity (Wildman–Crippen MR) is 108 cm³/mol. The maximum atomic E-state index is 12.7. The molecule has 0 spiro atoms. The van der Waals surface area contributed by atoms with Crippen molar-refractivity contribution < 1.29 is 23.9 Å². The van der Waals surface area contributed by atoms with Gasteiger partial charge < -0.3 is 14.8 Å². The molecule has 4 rings (SSSR count). The van der Waals surface area contributed by atoms with Crippen LogP contribution in [0.3, 0.4) is 0 Å². The second kappa shape index (κ2) is 8.16. The zero-order chi connectivity index (χ0) is 20.4. The Morgan fingerprint density at radius 1 is 1.14 bits per heavy atom. The topological polar surface area (TPSA) is 84.9 Å². The smallest absolute Gasteiger partial charge is 0.289 e. The number of rotatable bonds is 5. The lowest BCUT2D eigenvalue weighted by atomic mass is 10.1. The van der Waals surface area contributed by atoms with E-state index in [1.165, 1.54) is 4.90 Å². The number of nitrogens with one attached hydrogen (secondary N) is 1. The van der Waals surface area contributed by atoms with Gasteiger partial charge in [-0.1, -0.05) is 30.0 Å². The predicted octanol–water partition coefficient (Wildman–Crippen LogP) is 3.14. The Balaban J connectivity index is 1.44. The second-order valence-electron chi connectivity index (χ2n) is 6.83. The SMILES string of the molecule is CC(NC(=O)c1cccc(CN2C(=O)CSC2=O)c1)c1ccc2c(c1)OCCO2. The quantitative estimate of drug-likeness (QED) is 0.812. The lowest BCUT2D eigenvalue weighted by Gasteiger charge is -2.21. The van der Waals surface area contributed by atoms with E-state index in [4.69, 9.17) is 9.47 Å². The summed E-state index contributed by atoms with van der Waals surface area (Å²) in [6, 6.07) is 12.3. The highest BCUT2D eigenvalue weighted by Gasteiger charge is 2.29. The van der Waals surface area contributed by atoms with Crippen LogP contribution in [0.5, 0.6) is 11.5 Å². The highest BCUT2D eigenvalue weighted by atomic mass is 32.2. The van der Waals surface area contributed by atoms with Crippen LogP contribution in [0.1, 0.15) is 34.5 Å². The van der Waals surface area contributed by atoms with Gasteiger partial charge in [0.05, 0.1) is 18.3 Å². The molecule has 0 radical (unpaired) electrons. The van der Waals surface area contributed by atoms with Crippen LogP contribution in [-0.2, 0) is 11.3 Å². The highest BCUT2D eigenvalue weighted by Crippen LogP contribution is 2.32. The number of hydrogen-bond donors (Lipinski definition) is 1. The first-order valence-corrected chi connectivity index (χ1v) is 10.3. The molecule has 29 heavy (non-hydrogen) atoms. The molecule has 2 aliphatic heterocycles. The van der Waals surface area contributed by atoms with Gasteiger partial charge in [0.2, 0.25) is 5.91 Å². The van der Waals surface area contributed by atoms with E-state index in [0.717, 1.165) is 22.9 Å². The van der Waals surface area contributed by atoms with Crippen LogP contribution < -0.4 is 14.8 Å². The third kappa shape index (κ3) is 4.22. The largest absolute Gasteiger partial charge is 0.486 e. The van der Waals surface area contributed by atoms with Crippen molar-refractivity contribution in [2.75, 3.05) is 19.0 Å². The van der Waals surface area contributed by atoms with Crippen molar-refractivity contribution >= 4 is 28.8 Å². The molecule has 8 heteroatoms. The lowest BCUT2D eigenvalue weighted by molar-refractivity contribution is -0.125. The third-order valence-corrected chi connectivity index (χ3v) is 5.64. The molecule has 0 saturated carbocycles. The standard InChI is InChI=1S/C21H20N2O5S/c1-13(15-5-6-17-18(10-15)28-8-7-27-17)22-20(25)16-4-2-3-14(9-16)11-23-19(24)12-29-21(23)26/h2-6,9-10,13H,7-8,11-12H2,1H3,(H,22,25). The molecule has 2 aromatic carbocycles. The summed E-state index contributed by atoms with van der Waals surface area (Å²) >= 11 is 0.998. The van der Waals surface area contributed by atoms with Gasteiger partial charge in [-0.05, 0) is 42.3 Å². The maximum Gasteiger partial charge on any atom is 0.289 e. The van der Waals surface area contributed by atoms with Gasteiger partial charge in [-0.15, -0.1) is 0 Å². The molecule has 1 N–H and O–H groups in total. The van der Waals surface area contributed by atoms with Gasteiger partial charge >= 0.3 is 0 Å². The fourth-order valence-electron chi connectivity index (χ4n) is 3.22. The van der Waals surface area contributed by atoms with E-state index in [2.05, 4.69) is 5.32 Å². The lowest BCUT2D eigenvalue weighted by Crippen LogP contribution is -2.29. The van der Waals surface area contributed by atoms with Crippen LogP contribution in [0.15, 0.2) is 42.5 Å². The molecule has 2 aromatic rings. The molecule has 1 atom stereocenters. The van der Waals surface area contributed by atoms with E-state index in [1.807, 2.05) is 25.1 Å². The number of carbonyl (C=O) groups excluding carboxylic acids is 3. The first-order valence-electron chi connectivity index (χ1n) is 9.28. The Hall–Kier alpha value is -3.00. The normalized spacial score (nSPS) is 16.7. The summed E-state index contributed by atoms with van der Waals surface area (Å²) in [4.78, 5) is 37.5. The number of hydrogen-bond acceptors (Lipinski definition) is 6. The number of thioether (sulfide) groups is 1. The van der Waals surface area contributed by atoms with Crippen LogP contribution in [0.25, 0.3) is 0 Å². The number of nitrogens with zero attached hydrogens (tertiary/aromatic N) is 1. The average Bonchev–Trinajstić information content (AvgIpc) is 3.05. The van der Waals surface area contributed by atoms with Crippen LogP contribution in [0.4, 0.5) is 4.79 Å². The van der Waals surface area contributed by atoms with Gasteiger partial charge in [0.15, 0.2) is 11.5 Å². The zero-order valence-electron chi connectivity index (χ0n) is 15.8. The Labute approximate surface area is 172 Å². The fourth-order valence-corrected chi connectivity index (χ4v) is 3.94. The summed E-state index contributed by atoms with van der Waals surface area (Å²) in [6.45, 7) is 3.10. The first kappa shape index (κ1) is 19.3. The molecule has 0 aromatic heterocycles. The average molecular weight is 412 g/mol. The Morgan fingerprint density at radius 3 is 2.69 bits per heavy atom. The Morgan fingerprint density at radius 2 is 1.93 bits per heavy atom. The molecule has 1 fully saturated rings. The molecule has 1 unspecified atom stereocenters. The van der Waals surface area contributed by atoms with Crippen LogP contribution in [0.2, 0.25) is 0 Å². The molecule has 7 nitrogen and oxygen atoms in total. The highest BCUT2D eigenvalue weighted by molar-refractivity contribution is 8.14. The van der Waals surface area contributed by atoms with Crippen molar-refractivity contribution in [3.05, 3.63) is 59.2 Å². The van der Waals surface area contributed by atoms with Crippen molar-refractivity contribution in [2.24, 2.45) is 0 Å². The van der Waals surface area contributed by atoms with Gasteiger partial charge in [0.25, 0.3) is 11.1 Å². The summed E-state index contributed by atoms with van der Waals surface area (Å²) in [6.07, 6.45) is 0. The van der Waals surface area contributed by atoms with E-state index in [9.17, 15) is 14.4 Å². The van der Waals surface area contributed by atoms with Crippen molar-refractivity contribution in [3.8, 4) is 11.5 Å². The van der Waals surface area contributed by atoms with Crippen LogP contribution in [-0.4, -0.2) is 40.9 Å². The molecule has 1 saturated heterocycles. The number of amides is 3. The minimum atomic E-state index is -0.253. The summed E-state index contributed by atoms with van der Waals surface area (Å²) in [7, 11) is 0. The van der Waals surface area contributed by atoms with E-state index in [-0.39, 0.29) is 35.4 Å². The zero-order valence-corrected chi connectivity index (χ0v) is 16.7. The number of carbonyl (C=O) groups is 3. The molecule has 2 heterocycles. The molecule has 3 amide bonds. The molecular formula is C21H20N2O5S. The van der Waals surface area contributed by atoms with Crippen LogP contribution in [0, 0.1) is 0 Å². The fraction of sp³-hybridized carbons (Fsp3) is 0.286. The molecule has 2 aliphatic rings. The van der Waals surface area contributed by atoms with E-state index >= 15 is 0 Å². The Bertz CT molecular complexity index is 961. The summed E-state index contributed by atoms with van der Waals surface area (Å²) < 4.78 is 11.1. The maximum absolute atomic E-state index is 12.7. The van der Waals surface area contributed by atoms with Gasteiger partial charge in [-0.3, -0.25) is 19.3 Å². The third-order valence-electron chi connectivity index (χ3n) is 4.78. The minimum Gasteiger partial charge on any atom is -0.486 e. The van der Waals surface area contributed by atoms with Crippen molar-refractivity contribution in [2.45, 2.75) is 19.5 Å². The summed E-state index contributed by atoms with van der Waals surface area (Å²) in [5.41, 5.74) is 2.11.